The van der Waals surface area contributed by atoms with Crippen molar-refractivity contribution in [2.24, 2.45) is 11.8 Å². The highest BCUT2D eigenvalue weighted by Crippen LogP contribution is 2.34. The molecule has 1 aliphatic rings. The summed E-state index contributed by atoms with van der Waals surface area (Å²) in [5, 5.41) is 0. The average Bonchev–Trinajstić information content (AvgIpc) is 2.82. The van der Waals surface area contributed by atoms with E-state index in [1.54, 1.807) is 12.1 Å². The van der Waals surface area contributed by atoms with Crippen LogP contribution in [0.15, 0.2) is 41.3 Å². The van der Waals surface area contributed by atoms with Gasteiger partial charge in [0.25, 0.3) is 0 Å². The van der Waals surface area contributed by atoms with Gasteiger partial charge in [-0.1, -0.05) is 29.8 Å². The summed E-state index contributed by atoms with van der Waals surface area (Å²) in [5.74, 6) is -0.196. The van der Waals surface area contributed by atoms with E-state index in [0.29, 0.717) is 18.1 Å². The van der Waals surface area contributed by atoms with Crippen molar-refractivity contribution in [2.45, 2.75) is 32.0 Å². The van der Waals surface area contributed by atoms with Crippen LogP contribution in [0.4, 0.5) is 0 Å². The summed E-state index contributed by atoms with van der Waals surface area (Å²) < 4.78 is 36.6. The van der Waals surface area contributed by atoms with E-state index in [1.807, 2.05) is 32.9 Å². The Morgan fingerprint density at radius 3 is 2.55 bits per heavy atom. The molecular weight excluding hydrogens is 300 g/mol. The van der Waals surface area contributed by atoms with E-state index in [4.69, 9.17) is 9.47 Å². The van der Waals surface area contributed by atoms with Gasteiger partial charge in [0, 0.05) is 18.4 Å². The molecule has 0 aliphatic carbocycles. The number of ether oxygens (including phenoxy) is 2. The number of hydrogen-bond donors (Lipinski definition) is 0. The highest BCUT2D eigenvalue weighted by molar-refractivity contribution is 7.91. The molecule has 5 heteroatoms. The molecule has 1 aromatic carbocycles. The molecule has 1 fully saturated rings. The maximum Gasteiger partial charge on any atom is 0.178 e. The van der Waals surface area contributed by atoms with Crippen LogP contribution < -0.4 is 0 Å². The van der Waals surface area contributed by atoms with Gasteiger partial charge in [0.2, 0.25) is 0 Å². The van der Waals surface area contributed by atoms with Gasteiger partial charge in [-0.25, -0.2) is 8.42 Å². The van der Waals surface area contributed by atoms with Crippen LogP contribution in [0.25, 0.3) is 0 Å². The van der Waals surface area contributed by atoms with Crippen LogP contribution in [0, 0.1) is 18.8 Å². The minimum atomic E-state index is -3.38. The van der Waals surface area contributed by atoms with Gasteiger partial charge in [0.05, 0.1) is 17.3 Å². The van der Waals surface area contributed by atoms with Crippen LogP contribution in [0.1, 0.15) is 19.4 Å². The highest BCUT2D eigenvalue weighted by Gasteiger charge is 2.41. The van der Waals surface area contributed by atoms with Crippen LogP contribution in [0.3, 0.4) is 0 Å². The Morgan fingerprint density at radius 1 is 1.36 bits per heavy atom. The number of aryl methyl sites for hydroxylation is 1. The van der Waals surface area contributed by atoms with E-state index >= 15 is 0 Å². The molecule has 1 aromatic rings. The van der Waals surface area contributed by atoms with Gasteiger partial charge in [-0.2, -0.15) is 0 Å². The van der Waals surface area contributed by atoms with Gasteiger partial charge in [-0.15, -0.1) is 0 Å². The molecule has 4 nitrogen and oxygen atoms in total. The lowest BCUT2D eigenvalue weighted by Crippen LogP contribution is -2.31. The Hall–Kier alpha value is -1.17. The summed E-state index contributed by atoms with van der Waals surface area (Å²) >= 11 is 0. The molecule has 0 bridgehead atoms. The van der Waals surface area contributed by atoms with Crippen molar-refractivity contribution in [3.63, 3.8) is 0 Å². The second-order valence-corrected chi connectivity index (χ2v) is 7.90. The van der Waals surface area contributed by atoms with E-state index in [0.717, 1.165) is 11.1 Å². The Balaban J connectivity index is 2.24. The van der Waals surface area contributed by atoms with E-state index in [-0.39, 0.29) is 17.6 Å². The molecule has 0 N–H and O–H groups in total. The van der Waals surface area contributed by atoms with E-state index in [1.165, 1.54) is 0 Å². The van der Waals surface area contributed by atoms with Gasteiger partial charge in [0.1, 0.15) is 0 Å². The van der Waals surface area contributed by atoms with Crippen molar-refractivity contribution < 1.29 is 17.9 Å². The number of hydrogen-bond acceptors (Lipinski definition) is 4. The fraction of sp³-hybridized carbons (Fsp3) is 0.529. The molecule has 22 heavy (non-hydrogen) atoms. The first-order chi connectivity index (χ1) is 10.3. The van der Waals surface area contributed by atoms with Crippen molar-refractivity contribution in [2.75, 3.05) is 19.0 Å². The maximum atomic E-state index is 12.7. The molecule has 0 spiro atoms. The molecule has 1 saturated heterocycles. The zero-order valence-electron chi connectivity index (χ0n) is 13.4. The van der Waals surface area contributed by atoms with E-state index in [2.05, 4.69) is 6.58 Å². The Morgan fingerprint density at radius 2 is 2.00 bits per heavy atom. The summed E-state index contributed by atoms with van der Waals surface area (Å²) in [6.07, 6.45) is -0.480. The Labute approximate surface area is 133 Å². The monoisotopic (exact) mass is 324 g/mol. The van der Waals surface area contributed by atoms with Crippen LogP contribution >= 0.6 is 0 Å². The third-order valence-corrected chi connectivity index (χ3v) is 5.88. The van der Waals surface area contributed by atoms with Crippen molar-refractivity contribution in [3.05, 3.63) is 42.0 Å². The van der Waals surface area contributed by atoms with E-state index < -0.39 is 16.1 Å². The van der Waals surface area contributed by atoms with Crippen molar-refractivity contribution >= 4 is 9.84 Å². The molecule has 0 amide bonds. The smallest absolute Gasteiger partial charge is 0.178 e. The molecular formula is C17H24O4S. The zero-order chi connectivity index (χ0) is 16.3. The SMILES string of the molecule is C=C(C)[C@H]1CO[C@H](OCC)[C@H]1CS(=O)(=O)c1ccc(C)cc1. The van der Waals surface area contributed by atoms with Gasteiger partial charge < -0.3 is 9.47 Å². The van der Waals surface area contributed by atoms with Crippen LogP contribution in [0.5, 0.6) is 0 Å². The lowest BCUT2D eigenvalue weighted by atomic mass is 9.91. The number of rotatable bonds is 6. The summed E-state index contributed by atoms with van der Waals surface area (Å²) in [7, 11) is -3.38. The van der Waals surface area contributed by atoms with E-state index in [9.17, 15) is 8.42 Å². The fourth-order valence-electron chi connectivity index (χ4n) is 2.77. The molecule has 0 unspecified atom stereocenters. The van der Waals surface area contributed by atoms with Crippen LogP contribution in [-0.4, -0.2) is 33.7 Å². The number of benzene rings is 1. The van der Waals surface area contributed by atoms with Gasteiger partial charge in [-0.3, -0.25) is 0 Å². The average molecular weight is 324 g/mol. The second-order valence-electron chi connectivity index (χ2n) is 5.87. The molecule has 122 valence electrons. The van der Waals surface area contributed by atoms with Gasteiger partial charge in [0.15, 0.2) is 16.1 Å². The topological polar surface area (TPSA) is 52.6 Å². The second kappa shape index (κ2) is 6.94. The van der Waals surface area contributed by atoms with Crippen LogP contribution in [-0.2, 0) is 19.3 Å². The molecule has 3 atom stereocenters. The van der Waals surface area contributed by atoms with Gasteiger partial charge >= 0.3 is 0 Å². The molecule has 1 aliphatic heterocycles. The first kappa shape index (κ1) is 17.2. The standard InChI is InChI=1S/C17H24O4S/c1-5-20-17-16(15(10-21-17)12(2)3)11-22(18,19)14-8-6-13(4)7-9-14/h6-9,15-17H,2,5,10-11H2,1,3-4H3/t15-,16+,17+/m1/s1. The molecule has 1 heterocycles. The summed E-state index contributed by atoms with van der Waals surface area (Å²) in [6.45, 7) is 10.6. The Bertz CT molecular complexity index is 619. The van der Waals surface area contributed by atoms with Crippen molar-refractivity contribution in [1.29, 1.82) is 0 Å². The molecule has 0 aromatic heterocycles. The third kappa shape index (κ3) is 3.77. The highest BCUT2D eigenvalue weighted by atomic mass is 32.2. The predicted octanol–water partition coefficient (Wildman–Crippen LogP) is 2.97. The molecule has 0 saturated carbocycles. The fourth-order valence-corrected chi connectivity index (χ4v) is 4.41. The quantitative estimate of drug-likeness (QED) is 0.755. The predicted molar refractivity (Wildman–Crippen MR) is 86.4 cm³/mol. The molecule has 2 rings (SSSR count). The summed E-state index contributed by atoms with van der Waals surface area (Å²) in [5.41, 5.74) is 1.97. The summed E-state index contributed by atoms with van der Waals surface area (Å²) in [6, 6.07) is 6.94. The first-order valence-electron chi connectivity index (χ1n) is 7.53. The van der Waals surface area contributed by atoms with Crippen molar-refractivity contribution in [3.8, 4) is 0 Å². The van der Waals surface area contributed by atoms with Gasteiger partial charge in [-0.05, 0) is 32.9 Å². The number of sulfone groups is 1. The lowest BCUT2D eigenvalue weighted by Gasteiger charge is -2.22. The largest absolute Gasteiger partial charge is 0.353 e. The molecule has 0 radical (unpaired) electrons. The zero-order valence-corrected chi connectivity index (χ0v) is 14.2. The maximum absolute atomic E-state index is 12.7. The minimum Gasteiger partial charge on any atom is -0.353 e. The minimum absolute atomic E-state index is 0.0109. The Kier molecular flexibility index (Phi) is 5.42. The first-order valence-corrected chi connectivity index (χ1v) is 9.18. The third-order valence-electron chi connectivity index (χ3n) is 4.06. The lowest BCUT2D eigenvalue weighted by molar-refractivity contribution is -0.123. The summed E-state index contributed by atoms with van der Waals surface area (Å²) in [4.78, 5) is 0.348. The normalized spacial score (nSPS) is 25.3. The van der Waals surface area contributed by atoms with Crippen LogP contribution in [0.2, 0.25) is 0 Å². The van der Waals surface area contributed by atoms with Crippen molar-refractivity contribution in [1.82, 2.24) is 0 Å².